The molecule has 4 rings (SSSR count). The van der Waals surface area contributed by atoms with Crippen LogP contribution in [0.2, 0.25) is 0 Å². The van der Waals surface area contributed by atoms with Crippen molar-refractivity contribution in [3.05, 3.63) is 54.2 Å². The van der Waals surface area contributed by atoms with E-state index in [9.17, 15) is 0 Å². The average Bonchev–Trinajstić information content (AvgIpc) is 3.10. The van der Waals surface area contributed by atoms with Crippen molar-refractivity contribution in [1.82, 2.24) is 4.98 Å². The quantitative estimate of drug-likeness (QED) is 0.799. The zero-order chi connectivity index (χ0) is 13.4. The molecule has 2 nitrogen and oxygen atoms in total. The molecule has 2 heteroatoms. The Morgan fingerprint density at radius 3 is 2.55 bits per heavy atom. The van der Waals surface area contributed by atoms with E-state index in [1.807, 2.05) is 6.07 Å². The number of rotatable bonds is 2. The van der Waals surface area contributed by atoms with Crippen LogP contribution in [0.15, 0.2) is 53.5 Å². The summed E-state index contributed by atoms with van der Waals surface area (Å²) in [6, 6.07) is 17.2. The minimum absolute atomic E-state index is 0.576. The first-order chi connectivity index (χ1) is 9.90. The van der Waals surface area contributed by atoms with Crippen molar-refractivity contribution in [2.45, 2.75) is 31.7 Å². The van der Waals surface area contributed by atoms with E-state index in [-0.39, 0.29) is 0 Å². The maximum Gasteiger partial charge on any atom is 0.0847 e. The molecule has 2 aromatic rings. The second-order valence-corrected chi connectivity index (χ2v) is 5.81. The van der Waals surface area contributed by atoms with Gasteiger partial charge in [-0.2, -0.15) is 0 Å². The molecule has 1 aliphatic carbocycles. The van der Waals surface area contributed by atoms with Crippen LogP contribution in [0, 0.1) is 5.92 Å². The first-order valence-corrected chi connectivity index (χ1v) is 7.50. The monoisotopic (exact) mass is 262 g/mol. The highest BCUT2D eigenvalue weighted by Crippen LogP contribution is 2.37. The first-order valence-electron chi connectivity index (χ1n) is 7.50. The fourth-order valence-corrected chi connectivity index (χ4v) is 3.46. The van der Waals surface area contributed by atoms with Crippen LogP contribution in [0.3, 0.4) is 0 Å². The normalized spacial score (nSPS) is 24.5. The average molecular weight is 262 g/mol. The van der Waals surface area contributed by atoms with Crippen molar-refractivity contribution in [3.63, 3.8) is 0 Å². The highest BCUT2D eigenvalue weighted by molar-refractivity contribution is 6.00. The summed E-state index contributed by atoms with van der Waals surface area (Å²) in [5.74, 6) is 0.784. The molecule has 20 heavy (non-hydrogen) atoms. The maximum absolute atomic E-state index is 4.91. The van der Waals surface area contributed by atoms with Gasteiger partial charge >= 0.3 is 0 Å². The molecular formula is C18H18N2. The number of aromatic nitrogens is 1. The Morgan fingerprint density at radius 1 is 0.850 bits per heavy atom. The summed E-state index contributed by atoms with van der Waals surface area (Å²) in [6.07, 6.45) is 5.09. The molecule has 0 spiro atoms. The number of fused-ring (bicyclic) bond motifs is 1. The molecule has 0 bridgehead atoms. The molecule has 0 amide bonds. The lowest BCUT2D eigenvalue weighted by Gasteiger charge is -2.06. The summed E-state index contributed by atoms with van der Waals surface area (Å²) in [4.78, 5) is 9.73. The molecule has 2 atom stereocenters. The Morgan fingerprint density at radius 2 is 1.70 bits per heavy atom. The van der Waals surface area contributed by atoms with Gasteiger partial charge in [-0.15, -0.1) is 0 Å². The summed E-state index contributed by atoms with van der Waals surface area (Å²) < 4.78 is 0. The van der Waals surface area contributed by atoms with E-state index < -0.39 is 0 Å². The molecule has 0 saturated heterocycles. The second kappa shape index (κ2) is 4.86. The van der Waals surface area contributed by atoms with Gasteiger partial charge in [0.25, 0.3) is 0 Å². The van der Waals surface area contributed by atoms with E-state index in [4.69, 9.17) is 9.98 Å². The Labute approximate surface area is 119 Å². The minimum atomic E-state index is 0.576. The van der Waals surface area contributed by atoms with Gasteiger partial charge in [0.05, 0.1) is 23.1 Å². The zero-order valence-corrected chi connectivity index (χ0v) is 11.5. The van der Waals surface area contributed by atoms with Crippen LogP contribution < -0.4 is 0 Å². The van der Waals surface area contributed by atoms with Crippen molar-refractivity contribution >= 4 is 5.71 Å². The number of hydrogen-bond donors (Lipinski definition) is 0. The third-order valence-corrected chi connectivity index (χ3v) is 4.51. The highest BCUT2D eigenvalue weighted by atomic mass is 14.9. The van der Waals surface area contributed by atoms with Crippen LogP contribution in [-0.2, 0) is 0 Å². The van der Waals surface area contributed by atoms with Gasteiger partial charge in [0, 0.05) is 5.56 Å². The largest absolute Gasteiger partial charge is 0.284 e. The van der Waals surface area contributed by atoms with E-state index >= 15 is 0 Å². The van der Waals surface area contributed by atoms with Gasteiger partial charge in [-0.3, -0.25) is 4.99 Å². The van der Waals surface area contributed by atoms with E-state index in [0.29, 0.717) is 6.04 Å². The van der Waals surface area contributed by atoms with Crippen LogP contribution >= 0.6 is 0 Å². The highest BCUT2D eigenvalue weighted by Gasteiger charge is 2.33. The smallest absolute Gasteiger partial charge is 0.0847 e. The van der Waals surface area contributed by atoms with Crippen molar-refractivity contribution in [2.24, 2.45) is 10.9 Å². The minimum Gasteiger partial charge on any atom is -0.284 e. The van der Waals surface area contributed by atoms with Gasteiger partial charge in [0.2, 0.25) is 0 Å². The fraction of sp³-hybridized carbons (Fsp3) is 0.333. The summed E-state index contributed by atoms with van der Waals surface area (Å²) in [6.45, 7) is 0. The Kier molecular flexibility index (Phi) is 2.87. The lowest BCUT2D eigenvalue weighted by atomic mass is 10.00. The van der Waals surface area contributed by atoms with Gasteiger partial charge in [0.1, 0.15) is 0 Å². The number of nitrogens with zero attached hydrogens (tertiary/aromatic N) is 2. The summed E-state index contributed by atoms with van der Waals surface area (Å²) >= 11 is 0. The topological polar surface area (TPSA) is 25.2 Å². The molecule has 1 fully saturated rings. The first kappa shape index (κ1) is 11.8. The Bertz CT molecular complexity index is 645. The number of aliphatic imine (C=N–C) groups is 1. The lowest BCUT2D eigenvalue weighted by molar-refractivity contribution is 0.536. The van der Waals surface area contributed by atoms with Gasteiger partial charge in [0.15, 0.2) is 0 Å². The van der Waals surface area contributed by atoms with Gasteiger partial charge in [-0.05, 0) is 37.3 Å². The molecule has 2 aliphatic rings. The maximum atomic E-state index is 4.91. The SMILES string of the molecule is c1ccc(-c2cccc(C3=N[C@@H]4CCC[C@@H]4C3)n2)cc1. The van der Waals surface area contributed by atoms with Crippen LogP contribution in [0.4, 0.5) is 0 Å². The van der Waals surface area contributed by atoms with Crippen LogP contribution in [-0.4, -0.2) is 16.7 Å². The van der Waals surface area contributed by atoms with E-state index in [1.54, 1.807) is 0 Å². The van der Waals surface area contributed by atoms with E-state index in [1.165, 1.54) is 30.5 Å². The van der Waals surface area contributed by atoms with Crippen molar-refractivity contribution in [2.75, 3.05) is 0 Å². The van der Waals surface area contributed by atoms with Crippen LogP contribution in [0.1, 0.15) is 31.4 Å². The molecule has 1 aliphatic heterocycles. The molecule has 1 saturated carbocycles. The molecule has 2 heterocycles. The van der Waals surface area contributed by atoms with Gasteiger partial charge in [-0.25, -0.2) is 4.98 Å². The van der Waals surface area contributed by atoms with Gasteiger partial charge in [-0.1, -0.05) is 42.8 Å². The third kappa shape index (κ3) is 2.05. The van der Waals surface area contributed by atoms with Crippen molar-refractivity contribution in [3.8, 4) is 11.3 Å². The Hall–Kier alpha value is -1.96. The van der Waals surface area contributed by atoms with Crippen LogP contribution in [0.5, 0.6) is 0 Å². The van der Waals surface area contributed by atoms with E-state index in [0.717, 1.165) is 23.7 Å². The fourth-order valence-electron chi connectivity index (χ4n) is 3.46. The summed E-state index contributed by atoms with van der Waals surface area (Å²) in [7, 11) is 0. The van der Waals surface area contributed by atoms with Crippen molar-refractivity contribution < 1.29 is 0 Å². The molecule has 1 aromatic heterocycles. The second-order valence-electron chi connectivity index (χ2n) is 5.81. The number of pyridine rings is 1. The predicted molar refractivity (Wildman–Crippen MR) is 82.0 cm³/mol. The predicted octanol–water partition coefficient (Wildman–Crippen LogP) is 4.11. The summed E-state index contributed by atoms with van der Waals surface area (Å²) in [5.41, 5.74) is 4.51. The van der Waals surface area contributed by atoms with Crippen LogP contribution in [0.25, 0.3) is 11.3 Å². The summed E-state index contributed by atoms with van der Waals surface area (Å²) in [5, 5.41) is 0. The molecule has 0 unspecified atom stereocenters. The van der Waals surface area contributed by atoms with Crippen molar-refractivity contribution in [1.29, 1.82) is 0 Å². The van der Waals surface area contributed by atoms with E-state index in [2.05, 4.69) is 42.5 Å². The molecule has 100 valence electrons. The molecule has 1 aromatic carbocycles. The zero-order valence-electron chi connectivity index (χ0n) is 11.5. The Balaban J connectivity index is 1.67. The molecular weight excluding hydrogens is 244 g/mol. The molecule has 0 N–H and O–H groups in total. The van der Waals surface area contributed by atoms with Gasteiger partial charge < -0.3 is 0 Å². The lowest BCUT2D eigenvalue weighted by Crippen LogP contribution is -2.05. The standard InChI is InChI=1S/C18H18N2/c1-2-6-13(7-3-1)15-10-5-11-17(19-15)18-12-14-8-4-9-16(14)20-18/h1-3,5-7,10-11,14,16H,4,8-9,12H2/t14-,16-/m1/s1. The third-order valence-electron chi connectivity index (χ3n) is 4.51. The number of benzene rings is 1. The molecule has 0 radical (unpaired) electrons. The number of hydrogen-bond acceptors (Lipinski definition) is 2.